The van der Waals surface area contributed by atoms with Crippen molar-refractivity contribution >= 4 is 22.4 Å². The van der Waals surface area contributed by atoms with Gasteiger partial charge in [-0.3, -0.25) is 9.69 Å². The molecule has 18 heavy (non-hydrogen) atoms. The Morgan fingerprint density at radius 1 is 1.28 bits per heavy atom. The van der Waals surface area contributed by atoms with Gasteiger partial charge in [-0.15, -0.1) is 10.2 Å². The molecule has 7 heteroatoms. The molecule has 0 bridgehead atoms. The monoisotopic (exact) mass is 271 g/mol. The number of nitrogens with zero attached hydrogens (tertiary/aromatic N) is 3. The van der Waals surface area contributed by atoms with Crippen molar-refractivity contribution in [2.45, 2.75) is 27.3 Å². The Balaban J connectivity index is 2.48. The largest absolute Gasteiger partial charge is 0.360 e. The first kappa shape index (κ1) is 14.8. The SMILES string of the molecule is CCNC(=O)CN(CC)Cc1nnc(NCC)s1. The van der Waals surface area contributed by atoms with E-state index < -0.39 is 0 Å². The van der Waals surface area contributed by atoms with Gasteiger partial charge in [0.2, 0.25) is 11.0 Å². The molecule has 0 fully saturated rings. The standard InChI is InChI=1S/C11H21N5OS/c1-4-12-9(17)7-16(6-3)8-10-14-15-11(18-10)13-5-2/h4-8H2,1-3H3,(H,12,17)(H,13,15). The minimum absolute atomic E-state index is 0.0516. The maximum atomic E-state index is 11.5. The molecule has 1 rings (SSSR count). The van der Waals surface area contributed by atoms with Gasteiger partial charge in [0, 0.05) is 13.1 Å². The number of hydrogen-bond donors (Lipinski definition) is 2. The van der Waals surface area contributed by atoms with Crippen LogP contribution in [-0.4, -0.2) is 47.2 Å². The van der Waals surface area contributed by atoms with E-state index in [4.69, 9.17) is 0 Å². The van der Waals surface area contributed by atoms with Crippen LogP contribution in [0.4, 0.5) is 5.13 Å². The smallest absolute Gasteiger partial charge is 0.234 e. The average Bonchev–Trinajstić information content (AvgIpc) is 2.76. The molecular weight excluding hydrogens is 250 g/mol. The van der Waals surface area contributed by atoms with E-state index in [0.29, 0.717) is 19.6 Å². The highest BCUT2D eigenvalue weighted by atomic mass is 32.1. The molecule has 6 nitrogen and oxygen atoms in total. The molecule has 0 aliphatic carbocycles. The predicted molar refractivity (Wildman–Crippen MR) is 73.7 cm³/mol. The molecule has 0 saturated heterocycles. The number of hydrogen-bond acceptors (Lipinski definition) is 6. The van der Waals surface area contributed by atoms with Gasteiger partial charge in [0.1, 0.15) is 5.01 Å². The molecule has 0 unspecified atom stereocenters. The lowest BCUT2D eigenvalue weighted by Gasteiger charge is -2.17. The average molecular weight is 271 g/mol. The number of nitrogens with one attached hydrogen (secondary N) is 2. The Bertz CT molecular complexity index is 368. The van der Waals surface area contributed by atoms with Gasteiger partial charge < -0.3 is 10.6 Å². The summed E-state index contributed by atoms with van der Waals surface area (Å²) in [6, 6.07) is 0. The predicted octanol–water partition coefficient (Wildman–Crippen LogP) is 0.928. The normalized spacial score (nSPS) is 10.7. The number of carbonyl (C=O) groups is 1. The van der Waals surface area contributed by atoms with Crippen molar-refractivity contribution in [2.75, 3.05) is 31.5 Å². The third kappa shape index (κ3) is 4.97. The lowest BCUT2D eigenvalue weighted by atomic mass is 10.4. The van der Waals surface area contributed by atoms with E-state index in [9.17, 15) is 4.79 Å². The zero-order valence-electron chi connectivity index (χ0n) is 11.2. The van der Waals surface area contributed by atoms with Crippen LogP contribution >= 0.6 is 11.3 Å². The quantitative estimate of drug-likeness (QED) is 0.736. The first-order valence-corrected chi connectivity index (χ1v) is 7.06. The van der Waals surface area contributed by atoms with Crippen molar-refractivity contribution in [2.24, 2.45) is 0 Å². The van der Waals surface area contributed by atoms with E-state index in [0.717, 1.165) is 23.2 Å². The van der Waals surface area contributed by atoms with Crippen LogP contribution in [0.3, 0.4) is 0 Å². The van der Waals surface area contributed by atoms with Gasteiger partial charge in [-0.25, -0.2) is 0 Å². The molecule has 1 amide bonds. The van der Waals surface area contributed by atoms with Gasteiger partial charge in [-0.2, -0.15) is 0 Å². The summed E-state index contributed by atoms with van der Waals surface area (Å²) in [5.41, 5.74) is 0. The van der Waals surface area contributed by atoms with Gasteiger partial charge >= 0.3 is 0 Å². The van der Waals surface area contributed by atoms with Crippen LogP contribution in [0.15, 0.2) is 0 Å². The molecule has 1 heterocycles. The molecule has 0 atom stereocenters. The molecule has 0 aliphatic rings. The molecule has 0 spiro atoms. The first-order valence-electron chi connectivity index (χ1n) is 6.24. The van der Waals surface area contributed by atoms with Crippen molar-refractivity contribution < 1.29 is 4.79 Å². The van der Waals surface area contributed by atoms with Crippen LogP contribution in [0.5, 0.6) is 0 Å². The molecular formula is C11H21N5OS. The zero-order chi connectivity index (χ0) is 13.4. The fraction of sp³-hybridized carbons (Fsp3) is 0.727. The minimum atomic E-state index is 0.0516. The molecule has 1 aromatic heterocycles. The number of anilines is 1. The second-order valence-electron chi connectivity index (χ2n) is 3.79. The topological polar surface area (TPSA) is 70.2 Å². The molecule has 2 N–H and O–H groups in total. The first-order chi connectivity index (χ1) is 8.69. The van der Waals surface area contributed by atoms with Crippen LogP contribution < -0.4 is 10.6 Å². The molecule has 0 aromatic carbocycles. The van der Waals surface area contributed by atoms with Crippen LogP contribution in [-0.2, 0) is 11.3 Å². The highest BCUT2D eigenvalue weighted by Gasteiger charge is 2.11. The fourth-order valence-electron chi connectivity index (χ4n) is 1.47. The summed E-state index contributed by atoms with van der Waals surface area (Å²) in [7, 11) is 0. The number of rotatable bonds is 8. The van der Waals surface area contributed by atoms with Crippen molar-refractivity contribution in [3.8, 4) is 0 Å². The van der Waals surface area contributed by atoms with E-state index in [1.165, 1.54) is 11.3 Å². The van der Waals surface area contributed by atoms with Crippen molar-refractivity contribution in [3.63, 3.8) is 0 Å². The van der Waals surface area contributed by atoms with E-state index in [2.05, 4.69) is 20.8 Å². The van der Waals surface area contributed by atoms with Crippen LogP contribution in [0.1, 0.15) is 25.8 Å². The zero-order valence-corrected chi connectivity index (χ0v) is 12.0. The second kappa shape index (κ2) is 7.99. The van der Waals surface area contributed by atoms with Gasteiger partial charge in [0.05, 0.1) is 13.1 Å². The molecule has 1 aromatic rings. The van der Waals surface area contributed by atoms with Crippen LogP contribution in [0, 0.1) is 0 Å². The second-order valence-corrected chi connectivity index (χ2v) is 4.85. The summed E-state index contributed by atoms with van der Waals surface area (Å²) in [5.74, 6) is 0.0516. The molecule has 102 valence electrons. The molecule has 0 radical (unpaired) electrons. The molecule has 0 aliphatic heterocycles. The van der Waals surface area contributed by atoms with Gasteiger partial charge in [0.25, 0.3) is 0 Å². The van der Waals surface area contributed by atoms with E-state index in [1.54, 1.807) is 0 Å². The summed E-state index contributed by atoms with van der Waals surface area (Å²) >= 11 is 1.53. The summed E-state index contributed by atoms with van der Waals surface area (Å²) in [6.45, 7) is 9.36. The summed E-state index contributed by atoms with van der Waals surface area (Å²) in [5, 5.41) is 15.8. The maximum Gasteiger partial charge on any atom is 0.234 e. The molecule has 0 saturated carbocycles. The van der Waals surface area contributed by atoms with Crippen molar-refractivity contribution in [1.29, 1.82) is 0 Å². The van der Waals surface area contributed by atoms with E-state index >= 15 is 0 Å². The van der Waals surface area contributed by atoms with Crippen molar-refractivity contribution in [1.82, 2.24) is 20.4 Å². The lowest BCUT2D eigenvalue weighted by molar-refractivity contribution is -0.122. The highest BCUT2D eigenvalue weighted by Crippen LogP contribution is 2.16. The number of carbonyl (C=O) groups excluding carboxylic acids is 1. The van der Waals surface area contributed by atoms with Gasteiger partial charge in [-0.05, 0) is 20.4 Å². The Labute approximate surface area is 112 Å². The fourth-order valence-corrected chi connectivity index (χ4v) is 2.32. The Hall–Kier alpha value is -1.21. The van der Waals surface area contributed by atoms with Crippen molar-refractivity contribution in [3.05, 3.63) is 5.01 Å². The van der Waals surface area contributed by atoms with E-state index in [-0.39, 0.29) is 5.91 Å². The summed E-state index contributed by atoms with van der Waals surface area (Å²) in [4.78, 5) is 13.6. The van der Waals surface area contributed by atoms with Crippen LogP contribution in [0.2, 0.25) is 0 Å². The van der Waals surface area contributed by atoms with Gasteiger partial charge in [-0.1, -0.05) is 18.3 Å². The van der Waals surface area contributed by atoms with E-state index in [1.807, 2.05) is 25.7 Å². The highest BCUT2D eigenvalue weighted by molar-refractivity contribution is 7.15. The summed E-state index contributed by atoms with van der Waals surface area (Å²) in [6.07, 6.45) is 0. The Morgan fingerprint density at radius 3 is 2.67 bits per heavy atom. The van der Waals surface area contributed by atoms with Gasteiger partial charge in [0.15, 0.2) is 0 Å². The summed E-state index contributed by atoms with van der Waals surface area (Å²) < 4.78 is 0. The third-order valence-corrected chi connectivity index (χ3v) is 3.21. The number of aromatic nitrogens is 2. The Kier molecular flexibility index (Phi) is 6.59. The number of amides is 1. The Morgan fingerprint density at radius 2 is 2.06 bits per heavy atom. The number of likely N-dealkylation sites (N-methyl/N-ethyl adjacent to an activating group) is 2. The third-order valence-electron chi connectivity index (χ3n) is 2.34. The maximum absolute atomic E-state index is 11.5. The lowest BCUT2D eigenvalue weighted by Crippen LogP contribution is -2.36. The minimum Gasteiger partial charge on any atom is -0.360 e. The van der Waals surface area contributed by atoms with Crippen LogP contribution in [0.25, 0.3) is 0 Å².